The predicted molar refractivity (Wildman–Crippen MR) is 66.1 cm³/mol. The van der Waals surface area contributed by atoms with E-state index < -0.39 is 0 Å². The first-order chi connectivity index (χ1) is 6.57. The molecule has 76 valence electrons. The van der Waals surface area contributed by atoms with Gasteiger partial charge in [0.1, 0.15) is 0 Å². The highest BCUT2D eigenvalue weighted by Gasteiger charge is 2.18. The molecule has 0 atom stereocenters. The minimum absolute atomic E-state index is 0.0836. The summed E-state index contributed by atoms with van der Waals surface area (Å²) in [5.41, 5.74) is 1.37. The molecule has 1 aromatic rings. The third-order valence-corrected chi connectivity index (χ3v) is 3.28. The van der Waals surface area contributed by atoms with Gasteiger partial charge in [-0.2, -0.15) is 0 Å². The van der Waals surface area contributed by atoms with Crippen LogP contribution in [0.15, 0.2) is 22.7 Å². The Bertz CT molecular complexity index is 350. The summed E-state index contributed by atoms with van der Waals surface area (Å²) in [6.07, 6.45) is 0. The van der Waals surface area contributed by atoms with Crippen molar-refractivity contribution < 1.29 is 9.53 Å². The second-order valence-electron chi connectivity index (χ2n) is 2.49. The van der Waals surface area contributed by atoms with Crippen LogP contribution in [-0.2, 0) is 4.74 Å². The molecule has 0 saturated heterocycles. The van der Waals surface area contributed by atoms with Crippen molar-refractivity contribution in [3.63, 3.8) is 0 Å². The lowest BCUT2D eigenvalue weighted by Crippen LogP contribution is -2.05. The van der Waals surface area contributed by atoms with E-state index in [9.17, 15) is 4.79 Å². The number of hydrogen-bond acceptors (Lipinski definition) is 2. The molecular formula is C9H7Br3O2. The van der Waals surface area contributed by atoms with E-state index in [-0.39, 0.29) is 9.71 Å². The average molecular weight is 387 g/mol. The molecule has 1 rings (SSSR count). The summed E-state index contributed by atoms with van der Waals surface area (Å²) in [4.78, 5) is 11.4. The molecule has 0 fully saturated rings. The van der Waals surface area contributed by atoms with Gasteiger partial charge in [-0.15, -0.1) is 0 Å². The number of rotatable bonds is 2. The van der Waals surface area contributed by atoms with E-state index in [0.29, 0.717) is 5.56 Å². The van der Waals surface area contributed by atoms with Gasteiger partial charge in [0, 0.05) is 10.0 Å². The van der Waals surface area contributed by atoms with Crippen LogP contribution in [0.1, 0.15) is 19.7 Å². The largest absolute Gasteiger partial charge is 0.465 e. The van der Waals surface area contributed by atoms with Gasteiger partial charge >= 0.3 is 5.97 Å². The zero-order chi connectivity index (χ0) is 10.7. The van der Waals surface area contributed by atoms with Crippen LogP contribution in [0.2, 0.25) is 0 Å². The average Bonchev–Trinajstić information content (AvgIpc) is 2.15. The van der Waals surface area contributed by atoms with Crippen molar-refractivity contribution in [2.75, 3.05) is 7.11 Å². The fourth-order valence-corrected chi connectivity index (χ4v) is 3.24. The first-order valence-electron chi connectivity index (χ1n) is 3.72. The highest BCUT2D eigenvalue weighted by Crippen LogP contribution is 2.37. The Morgan fingerprint density at radius 1 is 1.43 bits per heavy atom. The number of methoxy groups -OCH3 is 1. The number of benzene rings is 1. The minimum Gasteiger partial charge on any atom is -0.465 e. The molecule has 0 amide bonds. The van der Waals surface area contributed by atoms with Crippen LogP contribution in [0.3, 0.4) is 0 Å². The number of ether oxygens (including phenoxy) is 1. The molecule has 5 heteroatoms. The maximum absolute atomic E-state index is 11.4. The molecule has 14 heavy (non-hydrogen) atoms. The third-order valence-electron chi connectivity index (χ3n) is 1.68. The minimum atomic E-state index is -0.342. The lowest BCUT2D eigenvalue weighted by atomic mass is 10.1. The van der Waals surface area contributed by atoms with Crippen LogP contribution in [0.4, 0.5) is 0 Å². The molecule has 0 aliphatic rings. The van der Waals surface area contributed by atoms with Crippen LogP contribution in [0, 0.1) is 0 Å². The fraction of sp³-hybridized carbons (Fsp3) is 0.222. The second kappa shape index (κ2) is 5.28. The summed E-state index contributed by atoms with van der Waals surface area (Å²) in [6.45, 7) is 0. The maximum atomic E-state index is 11.4. The van der Waals surface area contributed by atoms with Gasteiger partial charge in [0.2, 0.25) is 0 Å². The Kier molecular flexibility index (Phi) is 4.60. The quantitative estimate of drug-likeness (QED) is 0.566. The summed E-state index contributed by atoms with van der Waals surface area (Å²) in [6, 6.07) is 5.39. The van der Waals surface area contributed by atoms with Crippen molar-refractivity contribution in [1.29, 1.82) is 0 Å². The zero-order valence-electron chi connectivity index (χ0n) is 7.26. The van der Waals surface area contributed by atoms with Gasteiger partial charge in [0.25, 0.3) is 0 Å². The van der Waals surface area contributed by atoms with E-state index in [1.54, 1.807) is 12.1 Å². The van der Waals surface area contributed by atoms with Crippen molar-refractivity contribution >= 4 is 53.8 Å². The van der Waals surface area contributed by atoms with E-state index in [4.69, 9.17) is 0 Å². The lowest BCUT2D eigenvalue weighted by molar-refractivity contribution is 0.0599. The number of carbonyl (C=O) groups excluding carboxylic acids is 1. The summed E-state index contributed by atoms with van der Waals surface area (Å²) < 4.78 is 5.46. The van der Waals surface area contributed by atoms with Gasteiger partial charge in [-0.05, 0) is 12.1 Å². The summed E-state index contributed by atoms with van der Waals surface area (Å²) in [7, 11) is 1.37. The van der Waals surface area contributed by atoms with E-state index in [1.165, 1.54) is 7.11 Å². The monoisotopic (exact) mass is 384 g/mol. The van der Waals surface area contributed by atoms with Crippen LogP contribution < -0.4 is 0 Å². The molecule has 0 spiro atoms. The van der Waals surface area contributed by atoms with Crippen molar-refractivity contribution in [1.82, 2.24) is 0 Å². The highest BCUT2D eigenvalue weighted by atomic mass is 79.9. The predicted octanol–water partition coefficient (Wildman–Crippen LogP) is 4.02. The Balaban J connectivity index is 3.28. The highest BCUT2D eigenvalue weighted by molar-refractivity contribution is 9.24. The first kappa shape index (κ1) is 12.2. The molecule has 0 saturated carbocycles. The Morgan fingerprint density at radius 2 is 2.07 bits per heavy atom. The van der Waals surface area contributed by atoms with Crippen LogP contribution in [0.25, 0.3) is 0 Å². The molecule has 0 aliphatic carbocycles. The van der Waals surface area contributed by atoms with Crippen LogP contribution in [0.5, 0.6) is 0 Å². The molecule has 2 nitrogen and oxygen atoms in total. The van der Waals surface area contributed by atoms with Crippen molar-refractivity contribution in [2.24, 2.45) is 0 Å². The topological polar surface area (TPSA) is 26.3 Å². The molecule has 0 aromatic heterocycles. The van der Waals surface area contributed by atoms with E-state index in [2.05, 4.69) is 52.5 Å². The van der Waals surface area contributed by atoms with Crippen LogP contribution >= 0.6 is 47.8 Å². The molecular weight excluding hydrogens is 380 g/mol. The molecule has 0 bridgehead atoms. The van der Waals surface area contributed by atoms with Crippen molar-refractivity contribution in [2.45, 2.75) is 3.74 Å². The standard InChI is InChI=1S/C9H7Br3O2/c1-14-9(13)5-3-2-4-6(10)7(5)8(11)12/h2-4,8H,1H3. The Labute approximate surface area is 107 Å². The van der Waals surface area contributed by atoms with E-state index in [0.717, 1.165) is 10.0 Å². The maximum Gasteiger partial charge on any atom is 0.338 e. The normalized spacial score (nSPS) is 10.4. The second-order valence-corrected chi connectivity index (χ2v) is 6.41. The molecule has 1 aromatic carbocycles. The number of hydrogen-bond donors (Lipinski definition) is 0. The lowest BCUT2D eigenvalue weighted by Gasteiger charge is -2.10. The van der Waals surface area contributed by atoms with Gasteiger partial charge in [-0.25, -0.2) is 4.79 Å². The molecule has 0 heterocycles. The van der Waals surface area contributed by atoms with E-state index >= 15 is 0 Å². The molecule has 0 radical (unpaired) electrons. The third kappa shape index (κ3) is 2.58. The first-order valence-corrected chi connectivity index (χ1v) is 6.35. The van der Waals surface area contributed by atoms with Gasteiger partial charge in [-0.3, -0.25) is 0 Å². The summed E-state index contributed by atoms with van der Waals surface area (Å²) in [5, 5.41) is 0. The SMILES string of the molecule is COC(=O)c1cccc(Br)c1C(Br)Br. The van der Waals surface area contributed by atoms with Crippen molar-refractivity contribution in [3.05, 3.63) is 33.8 Å². The number of alkyl halides is 2. The number of carbonyl (C=O) groups is 1. The molecule has 0 N–H and O–H groups in total. The van der Waals surface area contributed by atoms with Gasteiger partial charge in [-0.1, -0.05) is 53.9 Å². The summed E-state index contributed by atoms with van der Waals surface area (Å²) in [5.74, 6) is -0.342. The molecule has 0 aliphatic heterocycles. The van der Waals surface area contributed by atoms with Crippen molar-refractivity contribution in [3.8, 4) is 0 Å². The van der Waals surface area contributed by atoms with E-state index in [1.807, 2.05) is 6.07 Å². The zero-order valence-corrected chi connectivity index (χ0v) is 12.0. The molecule has 0 unspecified atom stereocenters. The Hall–Kier alpha value is 0.130. The number of halogens is 3. The summed E-state index contributed by atoms with van der Waals surface area (Å²) >= 11 is 10.1. The fourth-order valence-electron chi connectivity index (χ4n) is 1.05. The smallest absolute Gasteiger partial charge is 0.338 e. The van der Waals surface area contributed by atoms with Gasteiger partial charge < -0.3 is 4.74 Å². The van der Waals surface area contributed by atoms with Gasteiger partial charge in [0.05, 0.1) is 16.4 Å². The van der Waals surface area contributed by atoms with Crippen LogP contribution in [-0.4, -0.2) is 13.1 Å². The van der Waals surface area contributed by atoms with Gasteiger partial charge in [0.15, 0.2) is 0 Å². The number of esters is 1. The Morgan fingerprint density at radius 3 is 2.57 bits per heavy atom.